The summed E-state index contributed by atoms with van der Waals surface area (Å²) < 4.78 is 0. The van der Waals surface area contributed by atoms with Crippen LogP contribution in [0.25, 0.3) is 0 Å². The number of rotatable bonds is 4. The molecule has 72 valence electrons. The fraction of sp³-hybridized carbons (Fsp3) is 0.500. The van der Waals surface area contributed by atoms with Crippen LogP contribution in [0.4, 0.5) is 0 Å². The molecule has 0 fully saturated rings. The van der Waals surface area contributed by atoms with E-state index in [9.17, 15) is 0 Å². The van der Waals surface area contributed by atoms with E-state index in [0.29, 0.717) is 6.04 Å². The minimum Gasteiger partial charge on any atom is -0.305 e. The normalized spacial score (nSPS) is 12.5. The van der Waals surface area contributed by atoms with Crippen molar-refractivity contribution >= 4 is 11.3 Å². The van der Waals surface area contributed by atoms with Crippen LogP contribution in [0, 0.1) is 0 Å². The fourth-order valence-electron chi connectivity index (χ4n) is 0.980. The van der Waals surface area contributed by atoms with E-state index in [1.165, 1.54) is 5.57 Å². The van der Waals surface area contributed by atoms with Gasteiger partial charge in [0.25, 0.3) is 0 Å². The standard InChI is InChI=1S/C10H16N2S/c1-8(2)4-5-11-9(3)10-6-13-7-12-10/h4,6-7,9,11H,5H2,1-3H3. The van der Waals surface area contributed by atoms with Crippen LogP contribution in [0.3, 0.4) is 0 Å². The van der Waals surface area contributed by atoms with E-state index in [1.807, 2.05) is 5.51 Å². The molecule has 1 heterocycles. The summed E-state index contributed by atoms with van der Waals surface area (Å²) in [5.74, 6) is 0. The topological polar surface area (TPSA) is 24.9 Å². The second-order valence-corrected chi connectivity index (χ2v) is 4.04. The van der Waals surface area contributed by atoms with Crippen molar-refractivity contribution in [1.29, 1.82) is 0 Å². The molecular weight excluding hydrogens is 180 g/mol. The Labute approximate surface area is 83.7 Å². The van der Waals surface area contributed by atoms with E-state index in [0.717, 1.165) is 12.2 Å². The van der Waals surface area contributed by atoms with E-state index in [-0.39, 0.29) is 0 Å². The first-order valence-corrected chi connectivity index (χ1v) is 5.39. The van der Waals surface area contributed by atoms with Crippen LogP contribution in [-0.4, -0.2) is 11.5 Å². The monoisotopic (exact) mass is 196 g/mol. The summed E-state index contributed by atoms with van der Waals surface area (Å²) in [6.07, 6.45) is 2.18. The van der Waals surface area contributed by atoms with Crippen molar-refractivity contribution in [3.05, 3.63) is 28.2 Å². The zero-order chi connectivity index (χ0) is 9.68. The Morgan fingerprint density at radius 1 is 1.69 bits per heavy atom. The van der Waals surface area contributed by atoms with Crippen LogP contribution in [0.2, 0.25) is 0 Å². The van der Waals surface area contributed by atoms with Gasteiger partial charge in [-0.25, -0.2) is 4.98 Å². The molecule has 0 spiro atoms. The van der Waals surface area contributed by atoms with E-state index in [4.69, 9.17) is 0 Å². The van der Waals surface area contributed by atoms with E-state index in [2.05, 4.69) is 42.5 Å². The van der Waals surface area contributed by atoms with Crippen molar-refractivity contribution in [3.63, 3.8) is 0 Å². The molecule has 0 radical (unpaired) electrons. The maximum Gasteiger partial charge on any atom is 0.0795 e. The smallest absolute Gasteiger partial charge is 0.0795 e. The molecule has 1 atom stereocenters. The highest BCUT2D eigenvalue weighted by Crippen LogP contribution is 2.11. The predicted molar refractivity (Wildman–Crippen MR) is 58.0 cm³/mol. The van der Waals surface area contributed by atoms with Crippen molar-refractivity contribution < 1.29 is 0 Å². The molecule has 1 N–H and O–H groups in total. The number of hydrogen-bond acceptors (Lipinski definition) is 3. The van der Waals surface area contributed by atoms with Gasteiger partial charge >= 0.3 is 0 Å². The van der Waals surface area contributed by atoms with Crippen molar-refractivity contribution in [2.24, 2.45) is 0 Å². The van der Waals surface area contributed by atoms with Gasteiger partial charge in [0.15, 0.2) is 0 Å². The van der Waals surface area contributed by atoms with Crippen LogP contribution in [0.15, 0.2) is 22.5 Å². The Kier molecular flexibility index (Phi) is 4.12. The molecular formula is C10H16N2S. The largest absolute Gasteiger partial charge is 0.305 e. The molecule has 0 aromatic carbocycles. The average molecular weight is 196 g/mol. The number of thiazole rings is 1. The average Bonchev–Trinajstić information content (AvgIpc) is 2.55. The molecule has 0 amide bonds. The van der Waals surface area contributed by atoms with Gasteiger partial charge in [-0.1, -0.05) is 11.6 Å². The van der Waals surface area contributed by atoms with E-state index in [1.54, 1.807) is 11.3 Å². The number of nitrogens with zero attached hydrogens (tertiary/aromatic N) is 1. The third kappa shape index (κ3) is 3.70. The van der Waals surface area contributed by atoms with Gasteiger partial charge < -0.3 is 5.32 Å². The van der Waals surface area contributed by atoms with E-state index < -0.39 is 0 Å². The summed E-state index contributed by atoms with van der Waals surface area (Å²) in [6, 6.07) is 0.349. The van der Waals surface area contributed by atoms with Crippen LogP contribution in [0.1, 0.15) is 32.5 Å². The first-order chi connectivity index (χ1) is 6.20. The molecule has 0 saturated carbocycles. The van der Waals surface area contributed by atoms with Crippen molar-refractivity contribution in [2.75, 3.05) is 6.54 Å². The fourth-order valence-corrected chi connectivity index (χ4v) is 1.63. The lowest BCUT2D eigenvalue weighted by Gasteiger charge is -2.08. The quantitative estimate of drug-likeness (QED) is 0.749. The summed E-state index contributed by atoms with van der Waals surface area (Å²) in [7, 11) is 0. The number of nitrogens with one attached hydrogen (secondary N) is 1. The molecule has 0 aliphatic heterocycles. The van der Waals surface area contributed by atoms with Gasteiger partial charge in [-0.2, -0.15) is 0 Å². The zero-order valence-electron chi connectivity index (χ0n) is 8.37. The molecule has 1 aromatic heterocycles. The van der Waals surface area contributed by atoms with Gasteiger partial charge in [0.05, 0.1) is 11.2 Å². The van der Waals surface area contributed by atoms with Gasteiger partial charge in [0.1, 0.15) is 0 Å². The lowest BCUT2D eigenvalue weighted by molar-refractivity contribution is 0.603. The lowest BCUT2D eigenvalue weighted by atomic mass is 10.2. The van der Waals surface area contributed by atoms with E-state index >= 15 is 0 Å². The Hall–Kier alpha value is -0.670. The summed E-state index contributed by atoms with van der Waals surface area (Å²) in [6.45, 7) is 7.26. The molecule has 3 heteroatoms. The summed E-state index contributed by atoms with van der Waals surface area (Å²) in [5.41, 5.74) is 4.35. The predicted octanol–water partition coefficient (Wildman–Crippen LogP) is 2.76. The molecule has 1 rings (SSSR count). The summed E-state index contributed by atoms with van der Waals surface area (Å²) >= 11 is 1.64. The van der Waals surface area contributed by atoms with Crippen molar-refractivity contribution in [3.8, 4) is 0 Å². The number of aromatic nitrogens is 1. The Morgan fingerprint density at radius 3 is 3.00 bits per heavy atom. The zero-order valence-corrected chi connectivity index (χ0v) is 9.19. The molecule has 0 saturated heterocycles. The second-order valence-electron chi connectivity index (χ2n) is 3.32. The molecule has 0 bridgehead atoms. The van der Waals surface area contributed by atoms with Gasteiger partial charge in [0.2, 0.25) is 0 Å². The maximum absolute atomic E-state index is 4.25. The molecule has 0 aliphatic rings. The first kappa shape index (κ1) is 10.4. The van der Waals surface area contributed by atoms with Crippen LogP contribution >= 0.6 is 11.3 Å². The van der Waals surface area contributed by atoms with Gasteiger partial charge in [-0.3, -0.25) is 0 Å². The summed E-state index contributed by atoms with van der Waals surface area (Å²) in [4.78, 5) is 4.25. The Morgan fingerprint density at radius 2 is 2.46 bits per heavy atom. The second kappa shape index (κ2) is 5.14. The van der Waals surface area contributed by atoms with Gasteiger partial charge in [-0.05, 0) is 20.8 Å². The first-order valence-electron chi connectivity index (χ1n) is 4.45. The highest BCUT2D eigenvalue weighted by Gasteiger charge is 2.04. The maximum atomic E-state index is 4.25. The lowest BCUT2D eigenvalue weighted by Crippen LogP contribution is -2.18. The third-order valence-electron chi connectivity index (χ3n) is 1.83. The van der Waals surface area contributed by atoms with Crippen LogP contribution < -0.4 is 5.32 Å². The van der Waals surface area contributed by atoms with Crippen molar-refractivity contribution in [2.45, 2.75) is 26.8 Å². The number of allylic oxidation sites excluding steroid dienone is 1. The number of hydrogen-bond donors (Lipinski definition) is 1. The van der Waals surface area contributed by atoms with Crippen LogP contribution in [-0.2, 0) is 0 Å². The van der Waals surface area contributed by atoms with Crippen LogP contribution in [0.5, 0.6) is 0 Å². The highest BCUT2D eigenvalue weighted by molar-refractivity contribution is 7.07. The van der Waals surface area contributed by atoms with Gasteiger partial charge in [-0.15, -0.1) is 11.3 Å². The molecule has 1 unspecified atom stereocenters. The Bertz CT molecular complexity index is 260. The highest BCUT2D eigenvalue weighted by atomic mass is 32.1. The van der Waals surface area contributed by atoms with Crippen molar-refractivity contribution in [1.82, 2.24) is 10.3 Å². The minimum atomic E-state index is 0.349. The summed E-state index contributed by atoms with van der Waals surface area (Å²) in [5, 5.41) is 5.47. The Balaban J connectivity index is 2.34. The molecule has 0 aliphatic carbocycles. The minimum absolute atomic E-state index is 0.349. The molecule has 13 heavy (non-hydrogen) atoms. The SMILES string of the molecule is CC(C)=CCNC(C)c1cscn1. The third-order valence-corrected chi connectivity index (χ3v) is 2.43. The molecule has 2 nitrogen and oxygen atoms in total. The molecule has 1 aromatic rings. The van der Waals surface area contributed by atoms with Gasteiger partial charge in [0, 0.05) is 18.0 Å².